The van der Waals surface area contributed by atoms with Gasteiger partial charge in [-0.1, -0.05) is 133 Å². The average Bonchev–Trinajstić information content (AvgIpc) is 3.50. The predicted molar refractivity (Wildman–Crippen MR) is 192 cm³/mol. The van der Waals surface area contributed by atoms with Crippen LogP contribution in [0.1, 0.15) is 22.3 Å². The van der Waals surface area contributed by atoms with Gasteiger partial charge < -0.3 is 0 Å². The van der Waals surface area contributed by atoms with E-state index in [1.54, 1.807) is 0 Å². The van der Waals surface area contributed by atoms with Crippen LogP contribution < -0.4 is 0 Å². The quantitative estimate of drug-likeness (QED) is 0.151. The molecule has 53 heavy (non-hydrogen) atoms. The molecule has 0 saturated heterocycles. The Bertz CT molecular complexity index is 2470. The van der Waals surface area contributed by atoms with E-state index in [1.165, 1.54) is 109 Å². The number of rotatable bonds is 2. The van der Waals surface area contributed by atoms with E-state index >= 15 is 0 Å². The van der Waals surface area contributed by atoms with Crippen molar-refractivity contribution < 1.29 is 0 Å². The molecule has 9 heteroatoms. The second kappa shape index (κ2) is 11.8. The Labute approximate surface area is 257 Å². The zero-order chi connectivity index (χ0) is 29.7. The summed E-state index contributed by atoms with van der Waals surface area (Å²) in [6.45, 7) is 8.93. The van der Waals surface area contributed by atoms with Gasteiger partial charge >= 0.3 is 0 Å². The van der Waals surface area contributed by atoms with Gasteiger partial charge in [0.2, 0.25) is 0 Å². The van der Waals surface area contributed by atoms with Crippen molar-refractivity contribution in [1.82, 2.24) is 0 Å². The SMILES string of the molecule is Cc1ccc2c3c4ccccc4c(-c4ccc(-c5cc6c(c7ccccc57)c5ccc(C)cc5[c-]6C)cc4)cc3[c-](C)c2c1.[Rf].[Rf].[Rf].[Rf].[Rf].[Rf].[Rf].[Rf].[Rf]. The van der Waals surface area contributed by atoms with Gasteiger partial charge in [0.25, 0.3) is 0 Å². The standard InChI is InChI=1S/C44H32.9Rf/c1-25-13-19-35-37(21-25)27(3)39-23-41(31-9-5-7-11-33(31)43(35)39)29-15-17-30(18-16-29)42-24-40-28(4)38-22-26(2)14-20-36(38)44(40)34-12-8-6-10-32(34)42;;;;;;;;;/h5-24H,1-4H3;;;;;;;;;/q-2;;;;;;;;;. The van der Waals surface area contributed by atoms with E-state index in [1.807, 2.05) is 0 Å². The third kappa shape index (κ3) is 4.17. The average molecular weight is 2960 g/mol. The van der Waals surface area contributed by atoms with Gasteiger partial charge in [-0.2, -0.15) is 0 Å². The molecule has 0 saturated carbocycles. The van der Waals surface area contributed by atoms with Gasteiger partial charge in [-0.15, -0.1) is 78.5 Å². The fourth-order valence-corrected chi connectivity index (χ4v) is 7.89. The van der Waals surface area contributed by atoms with Crippen LogP contribution in [0.3, 0.4) is 0 Å². The smallest absolute Gasteiger partial charge is 0 e. The minimum Gasteiger partial charge on any atom is -0.120 e. The third-order valence-corrected chi connectivity index (χ3v) is 10.1. The monoisotopic (exact) mass is 2960 g/mol. The minimum absolute atomic E-state index is 0. The zero-order valence-corrected chi connectivity index (χ0v) is 89.5. The summed E-state index contributed by atoms with van der Waals surface area (Å²) in [6, 6.07) is 45.8. The molecule has 0 bridgehead atoms. The number of fused-ring (bicyclic) bond motifs is 10. The molecule has 0 aliphatic heterocycles. The summed E-state index contributed by atoms with van der Waals surface area (Å²) >= 11 is 0. The molecule has 0 atom stereocenters. The van der Waals surface area contributed by atoms with Gasteiger partial charge in [0.15, 0.2) is 0 Å². The fraction of sp³-hybridized carbons (Fsp3) is 0.0909. The molecule has 0 nitrogen and oxygen atoms in total. The molecule has 0 spiro atoms. The molecule has 228 valence electrons. The van der Waals surface area contributed by atoms with Crippen LogP contribution in [0.4, 0.5) is 0 Å². The summed E-state index contributed by atoms with van der Waals surface area (Å²) < 4.78 is 0. The molecule has 0 aliphatic rings. The first-order chi connectivity index (χ1) is 21.5. The first kappa shape index (κ1) is 38.8. The largest absolute Gasteiger partial charge is 0.120 e. The Kier molecular flexibility index (Phi) is 8.66. The van der Waals surface area contributed by atoms with E-state index in [2.05, 4.69) is 149 Å². The van der Waals surface area contributed by atoms with E-state index in [0.717, 1.165) is 0 Å². The maximum Gasteiger partial charge on any atom is 0 e. The fourth-order valence-electron chi connectivity index (χ4n) is 7.89. The van der Waals surface area contributed by atoms with Gasteiger partial charge in [0.05, 0.1) is 0 Å². The normalized spacial score (nSPS) is 10.0. The van der Waals surface area contributed by atoms with Crippen molar-refractivity contribution in [3.05, 3.63) is 144 Å². The summed E-state index contributed by atoms with van der Waals surface area (Å²) in [4.78, 5) is 0. The molecule has 0 N–H and O–H groups in total. The van der Waals surface area contributed by atoms with Crippen LogP contribution in [0.25, 0.3) is 86.9 Å². The summed E-state index contributed by atoms with van der Waals surface area (Å²) in [6.07, 6.45) is 0. The van der Waals surface area contributed by atoms with Crippen molar-refractivity contribution in [2.75, 3.05) is 0 Å². The molecule has 9 aromatic carbocycles. The second-order valence-electron chi connectivity index (χ2n) is 12.7. The van der Waals surface area contributed by atoms with Crippen molar-refractivity contribution >= 4 is 64.6 Å². The van der Waals surface area contributed by atoms with Crippen LogP contribution in [-0.4, -0.2) is 0 Å². The van der Waals surface area contributed by atoms with Crippen LogP contribution in [-0.2, 0) is 0 Å². The second-order valence-corrected chi connectivity index (χ2v) is 12.7. The topological polar surface area (TPSA) is 0 Å². The summed E-state index contributed by atoms with van der Waals surface area (Å²) in [7, 11) is 0. The molecular formula is C44H32Rf9-2. The van der Waals surface area contributed by atoms with Crippen LogP contribution in [0, 0.1) is 27.7 Å². The Morgan fingerprint density at radius 3 is 0.981 bits per heavy atom. The molecule has 0 radical (unpaired) electrons. The Morgan fingerprint density at radius 1 is 0.321 bits per heavy atom. The van der Waals surface area contributed by atoms with Crippen molar-refractivity contribution in [1.29, 1.82) is 0 Å². The molecule has 0 aliphatic carbocycles. The third-order valence-electron chi connectivity index (χ3n) is 10.1. The number of hydrogen-bond acceptors (Lipinski definition) is 0. The molecule has 9 rings (SSSR count). The van der Waals surface area contributed by atoms with Crippen molar-refractivity contribution in [3.63, 3.8) is 0 Å². The number of aryl methyl sites for hydroxylation is 4. The minimum atomic E-state index is 0. The van der Waals surface area contributed by atoms with Crippen molar-refractivity contribution in [2.24, 2.45) is 0 Å². The van der Waals surface area contributed by atoms with Crippen LogP contribution in [0.15, 0.2) is 121 Å². The summed E-state index contributed by atoms with van der Waals surface area (Å²) in [5.74, 6) is 0. The van der Waals surface area contributed by atoms with E-state index in [-0.39, 0.29) is 0 Å². The molecule has 0 amide bonds. The zero-order valence-electron chi connectivity index (χ0n) is 31.9. The maximum absolute atomic E-state index is 2.43. The van der Waals surface area contributed by atoms with Crippen LogP contribution in [0.5, 0.6) is 0 Å². The van der Waals surface area contributed by atoms with E-state index in [4.69, 9.17) is 0 Å². The Morgan fingerprint density at radius 2 is 0.642 bits per heavy atom. The molecule has 0 aromatic heterocycles. The van der Waals surface area contributed by atoms with Gasteiger partial charge in [-0.25, -0.2) is 0 Å². The van der Waals surface area contributed by atoms with E-state index < -0.39 is 0 Å². The van der Waals surface area contributed by atoms with Crippen molar-refractivity contribution in [2.45, 2.75) is 27.7 Å². The molecule has 9 aromatic rings. The van der Waals surface area contributed by atoms with Crippen molar-refractivity contribution in [3.8, 4) is 22.3 Å². The number of hydrogen-bond donors (Lipinski definition) is 0. The van der Waals surface area contributed by atoms with Gasteiger partial charge in [-0.05, 0) is 46.9 Å². The summed E-state index contributed by atoms with van der Waals surface area (Å²) in [5, 5.41) is 16.2. The number of benzene rings is 7. The molecule has 0 unspecified atom stereocenters. The molecule has 0 heterocycles. The maximum atomic E-state index is 2.43. The van der Waals surface area contributed by atoms with Crippen LogP contribution in [0.2, 0.25) is 0 Å². The van der Waals surface area contributed by atoms with Gasteiger partial charge in [0, 0.05) is 0 Å². The predicted octanol–water partition coefficient (Wildman–Crippen LogP) is 12.6. The first-order valence-corrected chi connectivity index (χ1v) is 15.6. The molecular weight excluding hydrogens is 2930 g/mol. The first-order valence-electron chi connectivity index (χ1n) is 15.6. The Balaban J connectivity index is 0.00000300. The van der Waals surface area contributed by atoms with E-state index in [9.17, 15) is 0 Å². The van der Waals surface area contributed by atoms with E-state index in [0.29, 0.717) is 0 Å². The van der Waals surface area contributed by atoms with Gasteiger partial charge in [0.1, 0.15) is 0 Å². The molecule has 0 fully saturated rings. The van der Waals surface area contributed by atoms with Crippen LogP contribution >= 0.6 is 0 Å². The Hall–Kier alpha value is -14.2. The summed E-state index contributed by atoms with van der Waals surface area (Å²) in [5.41, 5.74) is 10.5. The van der Waals surface area contributed by atoms with Gasteiger partial charge in [-0.3, -0.25) is 0 Å².